The molecule has 0 saturated carbocycles. The molecule has 0 N–H and O–H groups in total. The number of hydrogen-bond donors (Lipinski definition) is 0. The van der Waals surface area contributed by atoms with Crippen LogP contribution in [0.4, 0.5) is 0 Å². The lowest BCUT2D eigenvalue weighted by molar-refractivity contribution is -0.312. The highest BCUT2D eigenvalue weighted by molar-refractivity contribution is 5.66. The first-order valence-corrected chi connectivity index (χ1v) is 4.63. The van der Waals surface area contributed by atoms with Crippen LogP contribution < -0.4 is 0 Å². The van der Waals surface area contributed by atoms with Crippen LogP contribution in [-0.4, -0.2) is 23.5 Å². The SMILES string of the molecule is CC(=O)OC(C)(C)OC(C)(C)OC(C)=O. The molecule has 15 heavy (non-hydrogen) atoms. The van der Waals surface area contributed by atoms with Gasteiger partial charge in [-0.1, -0.05) is 0 Å². The Morgan fingerprint density at radius 2 is 1.07 bits per heavy atom. The molecule has 0 aliphatic rings. The van der Waals surface area contributed by atoms with E-state index in [1.165, 1.54) is 13.8 Å². The standard InChI is InChI=1S/C10H18O5/c1-7(11)13-9(3,4)15-10(5,6)14-8(2)12/h1-6H3. The predicted molar refractivity (Wildman–Crippen MR) is 52.8 cm³/mol. The van der Waals surface area contributed by atoms with Crippen LogP contribution in [0.2, 0.25) is 0 Å². The van der Waals surface area contributed by atoms with Gasteiger partial charge in [0.25, 0.3) is 0 Å². The molecule has 88 valence electrons. The molecule has 0 aromatic carbocycles. The molecule has 0 bridgehead atoms. The predicted octanol–water partition coefficient (Wildman–Crippen LogP) is 1.60. The minimum absolute atomic E-state index is 0.460. The van der Waals surface area contributed by atoms with Gasteiger partial charge in [0.1, 0.15) is 0 Å². The first-order valence-electron chi connectivity index (χ1n) is 4.63. The highest BCUT2D eigenvalue weighted by Gasteiger charge is 2.33. The molecule has 0 rings (SSSR count). The molecular formula is C10H18O5. The Morgan fingerprint density at radius 1 is 0.800 bits per heavy atom. The van der Waals surface area contributed by atoms with E-state index < -0.39 is 23.5 Å². The summed E-state index contributed by atoms with van der Waals surface area (Å²) in [5.74, 6) is -3.19. The Hall–Kier alpha value is -1.10. The number of carbonyl (C=O) groups is 2. The van der Waals surface area contributed by atoms with Gasteiger partial charge in [-0.15, -0.1) is 0 Å². The molecule has 0 saturated heterocycles. The largest absolute Gasteiger partial charge is 0.434 e. The Labute approximate surface area is 89.7 Å². The van der Waals surface area contributed by atoms with Crippen molar-refractivity contribution >= 4 is 11.9 Å². The van der Waals surface area contributed by atoms with E-state index in [1.807, 2.05) is 0 Å². The summed E-state index contributed by atoms with van der Waals surface area (Å²) in [6.45, 7) is 8.84. The third-order valence-electron chi connectivity index (χ3n) is 1.27. The van der Waals surface area contributed by atoms with Crippen molar-refractivity contribution < 1.29 is 23.8 Å². The summed E-state index contributed by atoms with van der Waals surface area (Å²) in [5.41, 5.74) is 0. The maximum atomic E-state index is 10.8. The molecule has 0 aliphatic carbocycles. The Kier molecular flexibility index (Phi) is 4.27. The summed E-state index contributed by atoms with van der Waals surface area (Å²) in [5, 5.41) is 0. The smallest absolute Gasteiger partial charge is 0.305 e. The molecule has 0 heterocycles. The molecule has 0 spiro atoms. The van der Waals surface area contributed by atoms with Crippen molar-refractivity contribution in [2.75, 3.05) is 0 Å². The zero-order valence-corrected chi connectivity index (χ0v) is 10.0. The van der Waals surface area contributed by atoms with Crippen LogP contribution in [0.5, 0.6) is 0 Å². The Bertz CT molecular complexity index is 229. The minimum Gasteiger partial charge on any atom is -0.434 e. The Morgan fingerprint density at radius 3 is 1.27 bits per heavy atom. The second-order valence-corrected chi connectivity index (χ2v) is 4.09. The van der Waals surface area contributed by atoms with Gasteiger partial charge in [-0.05, 0) is 0 Å². The van der Waals surface area contributed by atoms with Crippen LogP contribution in [0.1, 0.15) is 41.5 Å². The van der Waals surface area contributed by atoms with Gasteiger partial charge in [-0.3, -0.25) is 14.3 Å². The quantitative estimate of drug-likeness (QED) is 0.529. The number of carbonyl (C=O) groups excluding carboxylic acids is 2. The lowest BCUT2D eigenvalue weighted by Crippen LogP contribution is -2.42. The van der Waals surface area contributed by atoms with E-state index in [9.17, 15) is 9.59 Å². The van der Waals surface area contributed by atoms with Gasteiger partial charge in [0.2, 0.25) is 11.6 Å². The highest BCUT2D eigenvalue weighted by Crippen LogP contribution is 2.22. The maximum Gasteiger partial charge on any atom is 0.305 e. The van der Waals surface area contributed by atoms with Crippen LogP contribution >= 0.6 is 0 Å². The molecule has 0 atom stereocenters. The van der Waals surface area contributed by atoms with E-state index in [4.69, 9.17) is 14.2 Å². The zero-order chi connectivity index (χ0) is 12.3. The number of rotatable bonds is 4. The fraction of sp³-hybridized carbons (Fsp3) is 0.800. The maximum absolute atomic E-state index is 10.8. The summed E-state index contributed by atoms with van der Waals surface area (Å²) < 4.78 is 15.2. The van der Waals surface area contributed by atoms with E-state index in [-0.39, 0.29) is 0 Å². The van der Waals surface area contributed by atoms with Crippen LogP contribution in [0.3, 0.4) is 0 Å². The average Bonchev–Trinajstić information content (AvgIpc) is 1.73. The lowest BCUT2D eigenvalue weighted by atomic mass is 10.3. The van der Waals surface area contributed by atoms with Gasteiger partial charge in [0.15, 0.2) is 0 Å². The van der Waals surface area contributed by atoms with Crippen LogP contribution in [0.25, 0.3) is 0 Å². The summed E-state index contributed by atoms with van der Waals surface area (Å²) in [6.07, 6.45) is 0. The van der Waals surface area contributed by atoms with Gasteiger partial charge in [0, 0.05) is 41.5 Å². The summed E-state index contributed by atoms with van der Waals surface area (Å²) in [4.78, 5) is 21.5. The second kappa shape index (κ2) is 4.61. The normalized spacial score (nSPS) is 12.1. The molecular weight excluding hydrogens is 200 g/mol. The monoisotopic (exact) mass is 218 g/mol. The zero-order valence-electron chi connectivity index (χ0n) is 10.0. The third kappa shape index (κ3) is 6.90. The van der Waals surface area contributed by atoms with Crippen molar-refractivity contribution in [1.82, 2.24) is 0 Å². The van der Waals surface area contributed by atoms with E-state index in [2.05, 4.69) is 0 Å². The number of esters is 2. The topological polar surface area (TPSA) is 61.8 Å². The summed E-state index contributed by atoms with van der Waals surface area (Å²) in [6, 6.07) is 0. The van der Waals surface area contributed by atoms with Crippen molar-refractivity contribution in [3.63, 3.8) is 0 Å². The first kappa shape index (κ1) is 13.9. The molecule has 5 heteroatoms. The first-order chi connectivity index (χ1) is 6.54. The highest BCUT2D eigenvalue weighted by atomic mass is 16.8. The second-order valence-electron chi connectivity index (χ2n) is 4.09. The fourth-order valence-corrected chi connectivity index (χ4v) is 1.33. The third-order valence-corrected chi connectivity index (χ3v) is 1.27. The summed E-state index contributed by atoms with van der Waals surface area (Å²) in [7, 11) is 0. The molecule has 0 aromatic rings. The van der Waals surface area contributed by atoms with E-state index in [0.717, 1.165) is 0 Å². The van der Waals surface area contributed by atoms with Gasteiger partial charge in [-0.2, -0.15) is 0 Å². The van der Waals surface area contributed by atoms with E-state index >= 15 is 0 Å². The molecule has 0 radical (unpaired) electrons. The molecule has 0 unspecified atom stereocenters. The fourth-order valence-electron chi connectivity index (χ4n) is 1.33. The van der Waals surface area contributed by atoms with Crippen molar-refractivity contribution in [2.24, 2.45) is 0 Å². The molecule has 0 amide bonds. The van der Waals surface area contributed by atoms with E-state index in [1.54, 1.807) is 27.7 Å². The molecule has 5 nitrogen and oxygen atoms in total. The molecule has 0 fully saturated rings. The average molecular weight is 218 g/mol. The van der Waals surface area contributed by atoms with Crippen molar-refractivity contribution in [1.29, 1.82) is 0 Å². The number of hydrogen-bond acceptors (Lipinski definition) is 5. The Balaban J connectivity index is 4.42. The molecule has 0 aromatic heterocycles. The minimum atomic E-state index is -1.13. The van der Waals surface area contributed by atoms with Gasteiger partial charge < -0.3 is 9.47 Å². The van der Waals surface area contributed by atoms with Crippen LogP contribution in [0.15, 0.2) is 0 Å². The van der Waals surface area contributed by atoms with Gasteiger partial charge in [-0.25, -0.2) is 0 Å². The van der Waals surface area contributed by atoms with E-state index in [0.29, 0.717) is 0 Å². The number of ether oxygens (including phenoxy) is 3. The van der Waals surface area contributed by atoms with Crippen LogP contribution in [-0.2, 0) is 23.8 Å². The lowest BCUT2D eigenvalue weighted by Gasteiger charge is -2.34. The van der Waals surface area contributed by atoms with Crippen molar-refractivity contribution in [3.05, 3.63) is 0 Å². The van der Waals surface area contributed by atoms with Gasteiger partial charge >= 0.3 is 11.9 Å². The molecule has 0 aliphatic heterocycles. The van der Waals surface area contributed by atoms with Crippen molar-refractivity contribution in [3.8, 4) is 0 Å². The van der Waals surface area contributed by atoms with Crippen LogP contribution in [0, 0.1) is 0 Å². The summed E-state index contributed by atoms with van der Waals surface area (Å²) >= 11 is 0. The van der Waals surface area contributed by atoms with Gasteiger partial charge in [0.05, 0.1) is 0 Å². The van der Waals surface area contributed by atoms with Crippen molar-refractivity contribution in [2.45, 2.75) is 53.1 Å².